The van der Waals surface area contributed by atoms with E-state index in [1.165, 1.54) is 37.1 Å². The zero-order valence-corrected chi connectivity index (χ0v) is 21.0. The number of hydrogen-bond donors (Lipinski definition) is 3. The second-order valence-electron chi connectivity index (χ2n) is 7.36. The first-order chi connectivity index (χ1) is 14.6. The minimum atomic E-state index is -3.49. The molecule has 31 heavy (non-hydrogen) atoms. The average molecular weight is 558 g/mol. The van der Waals surface area contributed by atoms with Crippen LogP contribution in [0.15, 0.2) is 64.5 Å². The van der Waals surface area contributed by atoms with Gasteiger partial charge in [0.05, 0.1) is 4.90 Å². The minimum absolute atomic E-state index is 0. The predicted molar refractivity (Wildman–Crippen MR) is 136 cm³/mol. The molecule has 0 aliphatic carbocycles. The topological polar surface area (TPSA) is 85.8 Å². The van der Waals surface area contributed by atoms with E-state index < -0.39 is 10.0 Å². The van der Waals surface area contributed by atoms with Gasteiger partial charge < -0.3 is 10.6 Å². The van der Waals surface area contributed by atoms with Crippen LogP contribution in [-0.4, -0.2) is 52.5 Å². The lowest BCUT2D eigenvalue weighted by Gasteiger charge is -2.15. The van der Waals surface area contributed by atoms with Crippen molar-refractivity contribution < 1.29 is 8.42 Å². The highest BCUT2D eigenvalue weighted by molar-refractivity contribution is 14.0. The maximum atomic E-state index is 12.2. The standard InChI is InChI=1S/C22H31N5O2S.HI/c1-23-22(24-13-14-26-30(28,29)21-7-3-2-4-8-21)25-17-19-9-11-20(12-10-19)18-27-15-5-6-16-27;/h2-4,7-12,26H,5-6,13-18H2,1H3,(H2,23,24,25);1H. The summed E-state index contributed by atoms with van der Waals surface area (Å²) in [5.41, 5.74) is 2.52. The summed E-state index contributed by atoms with van der Waals surface area (Å²) in [5, 5.41) is 6.39. The third kappa shape index (κ3) is 8.40. The molecule has 3 N–H and O–H groups in total. The molecule has 170 valence electrons. The van der Waals surface area contributed by atoms with Crippen LogP contribution >= 0.6 is 24.0 Å². The molecule has 3 rings (SSSR count). The third-order valence-corrected chi connectivity index (χ3v) is 6.55. The van der Waals surface area contributed by atoms with Crippen LogP contribution in [0.3, 0.4) is 0 Å². The van der Waals surface area contributed by atoms with Gasteiger partial charge in [-0.2, -0.15) is 0 Å². The van der Waals surface area contributed by atoms with E-state index in [0.29, 0.717) is 19.0 Å². The van der Waals surface area contributed by atoms with Gasteiger partial charge in [-0.3, -0.25) is 9.89 Å². The molecule has 2 aromatic rings. The molecule has 9 heteroatoms. The van der Waals surface area contributed by atoms with E-state index in [4.69, 9.17) is 0 Å². The number of nitrogens with zero attached hydrogens (tertiary/aromatic N) is 2. The Labute approximate surface area is 202 Å². The van der Waals surface area contributed by atoms with Crippen molar-refractivity contribution in [3.8, 4) is 0 Å². The highest BCUT2D eigenvalue weighted by Crippen LogP contribution is 2.13. The lowest BCUT2D eigenvalue weighted by molar-refractivity contribution is 0.331. The number of nitrogens with one attached hydrogen (secondary N) is 3. The lowest BCUT2D eigenvalue weighted by atomic mass is 10.1. The van der Waals surface area contributed by atoms with E-state index in [1.807, 2.05) is 0 Å². The van der Waals surface area contributed by atoms with Gasteiger partial charge in [0, 0.05) is 33.2 Å². The molecular formula is C22H32IN5O2S. The number of halogens is 1. The number of likely N-dealkylation sites (tertiary alicyclic amines) is 1. The van der Waals surface area contributed by atoms with Crippen LogP contribution in [0.2, 0.25) is 0 Å². The van der Waals surface area contributed by atoms with Gasteiger partial charge in [-0.05, 0) is 49.2 Å². The van der Waals surface area contributed by atoms with E-state index in [9.17, 15) is 8.42 Å². The summed E-state index contributed by atoms with van der Waals surface area (Å²) in [6, 6.07) is 17.0. The Morgan fingerprint density at radius 2 is 1.58 bits per heavy atom. The number of benzene rings is 2. The first-order valence-corrected chi connectivity index (χ1v) is 11.8. The van der Waals surface area contributed by atoms with Gasteiger partial charge >= 0.3 is 0 Å². The second-order valence-corrected chi connectivity index (χ2v) is 9.13. The molecule has 0 unspecified atom stereocenters. The molecular weight excluding hydrogens is 525 g/mol. The molecule has 1 heterocycles. The molecule has 0 saturated carbocycles. The monoisotopic (exact) mass is 557 g/mol. The molecule has 1 fully saturated rings. The van der Waals surface area contributed by atoms with Crippen LogP contribution < -0.4 is 15.4 Å². The lowest BCUT2D eigenvalue weighted by Crippen LogP contribution is -2.41. The van der Waals surface area contributed by atoms with Gasteiger partial charge in [-0.15, -0.1) is 24.0 Å². The Morgan fingerprint density at radius 1 is 0.935 bits per heavy atom. The summed E-state index contributed by atoms with van der Waals surface area (Å²) in [4.78, 5) is 6.95. The average Bonchev–Trinajstić information content (AvgIpc) is 3.28. The Bertz CT molecular complexity index is 915. The molecule has 1 aliphatic rings. The van der Waals surface area contributed by atoms with Crippen LogP contribution in [0.25, 0.3) is 0 Å². The van der Waals surface area contributed by atoms with Gasteiger partial charge in [0.2, 0.25) is 10.0 Å². The van der Waals surface area contributed by atoms with Crippen molar-refractivity contribution in [2.45, 2.75) is 30.8 Å². The highest BCUT2D eigenvalue weighted by atomic mass is 127. The van der Waals surface area contributed by atoms with Crippen molar-refractivity contribution in [2.75, 3.05) is 33.2 Å². The number of guanidine groups is 1. The minimum Gasteiger partial charge on any atom is -0.355 e. The number of aliphatic imine (C=N–C) groups is 1. The number of hydrogen-bond acceptors (Lipinski definition) is 4. The smallest absolute Gasteiger partial charge is 0.240 e. The fraction of sp³-hybridized carbons (Fsp3) is 0.409. The van der Waals surface area contributed by atoms with Crippen molar-refractivity contribution in [3.63, 3.8) is 0 Å². The molecule has 2 aromatic carbocycles. The largest absolute Gasteiger partial charge is 0.355 e. The van der Waals surface area contributed by atoms with Crippen LogP contribution in [-0.2, 0) is 23.1 Å². The zero-order valence-electron chi connectivity index (χ0n) is 17.9. The maximum absolute atomic E-state index is 12.2. The Hall–Kier alpha value is -1.69. The maximum Gasteiger partial charge on any atom is 0.240 e. The van der Waals surface area contributed by atoms with E-state index in [-0.39, 0.29) is 35.4 Å². The summed E-state index contributed by atoms with van der Waals surface area (Å²) < 4.78 is 27.0. The molecule has 1 saturated heterocycles. The SMILES string of the molecule is CN=C(NCCNS(=O)(=O)c1ccccc1)NCc1ccc(CN2CCCC2)cc1.I. The molecule has 0 atom stereocenters. The van der Waals surface area contributed by atoms with Gasteiger partial charge in [0.1, 0.15) is 0 Å². The molecule has 0 spiro atoms. The Balaban J connectivity index is 0.00000341. The summed E-state index contributed by atoms with van der Waals surface area (Å²) in [7, 11) is -1.79. The summed E-state index contributed by atoms with van der Waals surface area (Å²) in [6.07, 6.45) is 2.61. The van der Waals surface area contributed by atoms with Crippen LogP contribution in [0, 0.1) is 0 Å². The van der Waals surface area contributed by atoms with Crippen LogP contribution in [0.1, 0.15) is 24.0 Å². The zero-order chi connectivity index (χ0) is 21.2. The second kappa shape index (κ2) is 13.0. The van der Waals surface area contributed by atoms with Crippen LogP contribution in [0.5, 0.6) is 0 Å². The van der Waals surface area contributed by atoms with Crippen molar-refractivity contribution in [1.82, 2.24) is 20.3 Å². The normalized spacial score (nSPS) is 14.8. The number of sulfonamides is 1. The Morgan fingerprint density at radius 3 is 2.23 bits per heavy atom. The van der Waals surface area contributed by atoms with Gasteiger partial charge in [-0.25, -0.2) is 13.1 Å². The van der Waals surface area contributed by atoms with E-state index in [2.05, 4.69) is 49.5 Å². The van der Waals surface area contributed by atoms with E-state index >= 15 is 0 Å². The van der Waals surface area contributed by atoms with Gasteiger partial charge in [0.15, 0.2) is 5.96 Å². The Kier molecular flexibility index (Phi) is 10.7. The molecule has 7 nitrogen and oxygen atoms in total. The number of rotatable bonds is 9. The van der Waals surface area contributed by atoms with Crippen molar-refractivity contribution >= 4 is 40.0 Å². The highest BCUT2D eigenvalue weighted by Gasteiger charge is 2.12. The van der Waals surface area contributed by atoms with Crippen molar-refractivity contribution in [1.29, 1.82) is 0 Å². The van der Waals surface area contributed by atoms with Crippen LogP contribution in [0.4, 0.5) is 0 Å². The quantitative estimate of drug-likeness (QED) is 0.191. The van der Waals surface area contributed by atoms with Gasteiger partial charge in [-0.1, -0.05) is 42.5 Å². The fourth-order valence-corrected chi connectivity index (χ4v) is 4.47. The summed E-state index contributed by atoms with van der Waals surface area (Å²) >= 11 is 0. The molecule has 0 radical (unpaired) electrons. The van der Waals surface area contributed by atoms with E-state index in [1.54, 1.807) is 37.4 Å². The van der Waals surface area contributed by atoms with E-state index in [0.717, 1.165) is 6.54 Å². The van der Waals surface area contributed by atoms with Crippen molar-refractivity contribution in [3.05, 3.63) is 65.7 Å². The predicted octanol–water partition coefficient (Wildman–Crippen LogP) is 2.54. The molecule has 0 amide bonds. The first kappa shape index (κ1) is 25.6. The van der Waals surface area contributed by atoms with Crippen molar-refractivity contribution in [2.24, 2.45) is 4.99 Å². The first-order valence-electron chi connectivity index (χ1n) is 10.4. The molecule has 1 aliphatic heterocycles. The molecule has 0 aromatic heterocycles. The third-order valence-electron chi connectivity index (χ3n) is 5.07. The molecule has 0 bridgehead atoms. The fourth-order valence-electron chi connectivity index (χ4n) is 3.42. The summed E-state index contributed by atoms with van der Waals surface area (Å²) in [5.74, 6) is 0.634. The summed E-state index contributed by atoms with van der Waals surface area (Å²) in [6.45, 7) is 4.78. The van der Waals surface area contributed by atoms with Gasteiger partial charge in [0.25, 0.3) is 0 Å².